The maximum absolute atomic E-state index is 12.9. The largest absolute Gasteiger partial charge is 0.390 e. The number of hydrogen-bond acceptors (Lipinski definition) is 6. The number of thiazole rings is 1. The van der Waals surface area contributed by atoms with Gasteiger partial charge in [-0.1, -0.05) is 18.2 Å². The molecule has 0 spiro atoms. The fourth-order valence-electron chi connectivity index (χ4n) is 4.13. The molecule has 0 saturated carbocycles. The SMILES string of the molecule is O=C(Nc1nc([C@H]2[C@H](O)CCN2c2ccccc2)cs1)c1cccn1Cc1ccncc1. The fraction of sp³-hybridized carbons (Fsp3) is 0.208. The monoisotopic (exact) mass is 445 g/mol. The Morgan fingerprint density at radius 1 is 1.12 bits per heavy atom. The molecule has 0 unspecified atom stereocenters. The summed E-state index contributed by atoms with van der Waals surface area (Å²) >= 11 is 1.37. The molecule has 0 radical (unpaired) electrons. The van der Waals surface area contributed by atoms with Crippen LogP contribution >= 0.6 is 11.3 Å². The summed E-state index contributed by atoms with van der Waals surface area (Å²) in [4.78, 5) is 23.8. The molecular formula is C24H23N5O2S. The summed E-state index contributed by atoms with van der Waals surface area (Å²) in [6.45, 7) is 1.35. The van der Waals surface area contributed by atoms with Crippen LogP contribution < -0.4 is 10.2 Å². The second-order valence-electron chi connectivity index (χ2n) is 7.74. The minimum Gasteiger partial charge on any atom is -0.390 e. The van der Waals surface area contributed by atoms with Crippen LogP contribution in [0.2, 0.25) is 0 Å². The molecule has 1 aliphatic rings. The first kappa shape index (κ1) is 20.4. The van der Waals surface area contributed by atoms with Crippen LogP contribution in [0, 0.1) is 0 Å². The van der Waals surface area contributed by atoms with Crippen molar-refractivity contribution in [3.8, 4) is 0 Å². The van der Waals surface area contributed by atoms with Gasteiger partial charge in [-0.2, -0.15) is 0 Å². The first-order chi connectivity index (χ1) is 15.7. The molecule has 7 nitrogen and oxygen atoms in total. The number of carbonyl (C=O) groups is 1. The second kappa shape index (κ2) is 8.94. The Bertz CT molecular complexity index is 1190. The normalized spacial score (nSPS) is 18.1. The average molecular weight is 446 g/mol. The predicted molar refractivity (Wildman–Crippen MR) is 125 cm³/mol. The molecule has 0 bridgehead atoms. The number of rotatable bonds is 6. The van der Waals surface area contributed by atoms with Crippen LogP contribution in [0.5, 0.6) is 0 Å². The van der Waals surface area contributed by atoms with Gasteiger partial charge in [-0.25, -0.2) is 4.98 Å². The Labute approximate surface area is 190 Å². The number of nitrogens with zero attached hydrogens (tertiary/aromatic N) is 4. The number of benzene rings is 1. The van der Waals surface area contributed by atoms with E-state index in [1.165, 1.54) is 11.3 Å². The number of pyridine rings is 1. The standard InChI is InChI=1S/C24H23N5O2S/c30-21-10-14-29(18-5-2-1-3-6-18)22(21)19-16-32-24(26-19)27-23(31)20-7-4-13-28(20)15-17-8-11-25-12-9-17/h1-9,11-13,16,21-22,30H,10,14-15H2,(H,26,27,31)/t21-,22+/m1/s1. The number of para-hydroxylation sites is 1. The molecule has 162 valence electrons. The van der Waals surface area contributed by atoms with Gasteiger partial charge in [0.2, 0.25) is 0 Å². The summed E-state index contributed by atoms with van der Waals surface area (Å²) in [6, 6.07) is 17.3. The second-order valence-corrected chi connectivity index (χ2v) is 8.60. The highest BCUT2D eigenvalue weighted by atomic mass is 32.1. The third kappa shape index (κ3) is 4.15. The lowest BCUT2D eigenvalue weighted by Crippen LogP contribution is -2.27. The number of nitrogens with one attached hydrogen (secondary N) is 1. The molecule has 8 heteroatoms. The molecule has 1 fully saturated rings. The van der Waals surface area contributed by atoms with Crippen molar-refractivity contribution in [1.82, 2.24) is 14.5 Å². The van der Waals surface area contributed by atoms with E-state index in [-0.39, 0.29) is 11.9 Å². The number of aliphatic hydroxyl groups excluding tert-OH is 1. The molecule has 0 aliphatic carbocycles. The van der Waals surface area contributed by atoms with Crippen LogP contribution in [-0.2, 0) is 6.54 Å². The van der Waals surface area contributed by atoms with Crippen LogP contribution in [0.1, 0.15) is 34.2 Å². The minimum atomic E-state index is -0.501. The zero-order chi connectivity index (χ0) is 21.9. The van der Waals surface area contributed by atoms with E-state index in [1.807, 2.05) is 64.7 Å². The first-order valence-electron chi connectivity index (χ1n) is 10.5. The van der Waals surface area contributed by atoms with E-state index in [2.05, 4.69) is 20.2 Å². The average Bonchev–Trinajstić information content (AvgIpc) is 3.55. The highest BCUT2D eigenvalue weighted by Gasteiger charge is 2.36. The van der Waals surface area contributed by atoms with E-state index in [1.54, 1.807) is 18.5 Å². The van der Waals surface area contributed by atoms with Crippen LogP contribution in [0.15, 0.2) is 78.6 Å². The molecule has 1 saturated heterocycles. The smallest absolute Gasteiger partial charge is 0.274 e. The summed E-state index contributed by atoms with van der Waals surface area (Å²) < 4.78 is 1.90. The molecule has 4 heterocycles. The van der Waals surface area contributed by atoms with E-state index in [0.29, 0.717) is 23.8 Å². The Balaban J connectivity index is 1.32. The molecule has 2 atom stereocenters. The van der Waals surface area contributed by atoms with Crippen molar-refractivity contribution >= 4 is 28.1 Å². The Morgan fingerprint density at radius 2 is 1.94 bits per heavy atom. The summed E-state index contributed by atoms with van der Waals surface area (Å²) in [5.74, 6) is -0.211. The molecule has 1 amide bonds. The van der Waals surface area contributed by atoms with E-state index in [4.69, 9.17) is 0 Å². The Hall–Kier alpha value is -3.49. The van der Waals surface area contributed by atoms with Gasteiger partial charge >= 0.3 is 0 Å². The van der Waals surface area contributed by atoms with Gasteiger partial charge < -0.3 is 14.6 Å². The zero-order valence-electron chi connectivity index (χ0n) is 17.3. The number of anilines is 2. The fourth-order valence-corrected chi connectivity index (χ4v) is 4.86. The van der Waals surface area contributed by atoms with Crippen molar-refractivity contribution in [2.45, 2.75) is 25.1 Å². The van der Waals surface area contributed by atoms with Gasteiger partial charge in [0.15, 0.2) is 5.13 Å². The van der Waals surface area contributed by atoms with Crippen LogP contribution in [0.4, 0.5) is 10.8 Å². The quantitative estimate of drug-likeness (QED) is 0.470. The highest BCUT2D eigenvalue weighted by molar-refractivity contribution is 7.14. The van der Waals surface area contributed by atoms with Gasteiger partial charge in [-0.05, 0) is 48.4 Å². The van der Waals surface area contributed by atoms with E-state index >= 15 is 0 Å². The van der Waals surface area contributed by atoms with Gasteiger partial charge in [0, 0.05) is 42.7 Å². The zero-order valence-corrected chi connectivity index (χ0v) is 18.2. The highest BCUT2D eigenvalue weighted by Crippen LogP contribution is 2.37. The summed E-state index contributed by atoms with van der Waals surface area (Å²) in [5, 5.41) is 16.0. The van der Waals surface area contributed by atoms with E-state index < -0.39 is 6.10 Å². The lowest BCUT2D eigenvalue weighted by atomic mass is 10.1. The van der Waals surface area contributed by atoms with Crippen LogP contribution in [0.3, 0.4) is 0 Å². The van der Waals surface area contributed by atoms with Gasteiger partial charge in [-0.15, -0.1) is 11.3 Å². The number of amides is 1. The van der Waals surface area contributed by atoms with Gasteiger partial charge in [0.1, 0.15) is 5.69 Å². The molecule has 3 aromatic heterocycles. The molecular weight excluding hydrogens is 422 g/mol. The molecule has 4 aromatic rings. The van der Waals surface area contributed by atoms with Crippen molar-refractivity contribution in [2.75, 3.05) is 16.8 Å². The van der Waals surface area contributed by atoms with Crippen molar-refractivity contribution in [3.63, 3.8) is 0 Å². The molecule has 1 aromatic carbocycles. The van der Waals surface area contributed by atoms with Crippen molar-refractivity contribution < 1.29 is 9.90 Å². The van der Waals surface area contributed by atoms with E-state index in [9.17, 15) is 9.90 Å². The molecule has 1 aliphatic heterocycles. The molecule has 5 rings (SSSR count). The minimum absolute atomic E-state index is 0.211. The number of aromatic nitrogens is 3. The van der Waals surface area contributed by atoms with Crippen LogP contribution in [-0.4, -0.2) is 38.2 Å². The lowest BCUT2D eigenvalue weighted by molar-refractivity contribution is 0.101. The van der Waals surface area contributed by atoms with Crippen molar-refractivity contribution in [1.29, 1.82) is 0 Å². The third-order valence-electron chi connectivity index (χ3n) is 5.66. The molecule has 32 heavy (non-hydrogen) atoms. The predicted octanol–water partition coefficient (Wildman–Crippen LogP) is 3.95. The topological polar surface area (TPSA) is 83.3 Å². The van der Waals surface area contributed by atoms with Crippen molar-refractivity contribution in [2.24, 2.45) is 0 Å². The number of hydrogen-bond donors (Lipinski definition) is 2. The summed E-state index contributed by atoms with van der Waals surface area (Å²) in [6.07, 6.45) is 5.55. The third-order valence-corrected chi connectivity index (χ3v) is 6.44. The number of carbonyl (C=O) groups excluding carboxylic acids is 1. The summed E-state index contributed by atoms with van der Waals surface area (Å²) in [7, 11) is 0. The van der Waals surface area contributed by atoms with Gasteiger partial charge in [0.25, 0.3) is 5.91 Å². The summed E-state index contributed by atoms with van der Waals surface area (Å²) in [5.41, 5.74) is 3.45. The first-order valence-corrected chi connectivity index (χ1v) is 11.4. The maximum atomic E-state index is 12.9. The lowest BCUT2D eigenvalue weighted by Gasteiger charge is -2.26. The van der Waals surface area contributed by atoms with Gasteiger partial charge in [-0.3, -0.25) is 15.1 Å². The van der Waals surface area contributed by atoms with E-state index in [0.717, 1.165) is 23.5 Å². The Kier molecular flexibility index (Phi) is 5.70. The number of aliphatic hydroxyl groups is 1. The van der Waals surface area contributed by atoms with Gasteiger partial charge in [0.05, 0.1) is 17.8 Å². The molecule has 2 N–H and O–H groups in total. The maximum Gasteiger partial charge on any atom is 0.274 e. The van der Waals surface area contributed by atoms with Crippen LogP contribution in [0.25, 0.3) is 0 Å². The Morgan fingerprint density at radius 3 is 2.75 bits per heavy atom. The van der Waals surface area contributed by atoms with Crippen molar-refractivity contribution in [3.05, 3.63) is 95.5 Å².